The highest BCUT2D eigenvalue weighted by Crippen LogP contribution is 2.34. The molecule has 0 aliphatic heterocycles. The summed E-state index contributed by atoms with van der Waals surface area (Å²) in [6.45, 7) is 0. The molecule has 3 aliphatic rings. The zero-order chi connectivity index (χ0) is 12.2. The van der Waals surface area contributed by atoms with Crippen molar-refractivity contribution in [2.75, 3.05) is 14.2 Å². The maximum atomic E-state index is 7.00. The van der Waals surface area contributed by atoms with E-state index in [9.17, 15) is 0 Å². The van der Waals surface area contributed by atoms with Crippen LogP contribution in [0.15, 0.2) is 0 Å². The maximum absolute atomic E-state index is 7.00. The van der Waals surface area contributed by atoms with Gasteiger partial charge in [0.25, 0.3) is 0 Å². The second-order valence-electron chi connectivity index (χ2n) is 4.88. The van der Waals surface area contributed by atoms with Gasteiger partial charge in [-0.15, -0.1) is 0 Å². The van der Waals surface area contributed by atoms with Crippen LogP contribution in [0.2, 0.25) is 0 Å². The monoisotopic (exact) mass is 230 g/mol. The average Bonchev–Trinajstić information content (AvgIpc) is 2.51. The molecule has 0 amide bonds. The van der Waals surface area contributed by atoms with E-state index in [-0.39, 0.29) is 0 Å². The third-order valence-corrected chi connectivity index (χ3v) is 3.92. The Morgan fingerprint density at radius 3 is 1.06 bits per heavy atom. The molecule has 0 radical (unpaired) electrons. The molecule has 0 spiro atoms. The van der Waals surface area contributed by atoms with E-state index in [1.807, 2.05) is 0 Å². The van der Waals surface area contributed by atoms with Crippen LogP contribution in [0.3, 0.4) is 0 Å². The summed E-state index contributed by atoms with van der Waals surface area (Å²) in [5, 5.41) is 14.0. The Labute approximate surface area is 101 Å². The first-order valence-corrected chi connectivity index (χ1v) is 6.84. The number of hydrogen-bond donors (Lipinski definition) is 2. The molecule has 0 aromatic rings. The van der Waals surface area contributed by atoms with Gasteiger partial charge in [0.2, 0.25) is 0 Å². The summed E-state index contributed by atoms with van der Waals surface area (Å²) in [5.74, 6) is 2.23. The van der Waals surface area contributed by atoms with E-state index < -0.39 is 0 Å². The van der Waals surface area contributed by atoms with E-state index in [1.165, 1.54) is 25.7 Å². The van der Waals surface area contributed by atoms with Gasteiger partial charge in [0.05, 0.1) is 0 Å². The standard InChI is InChI=1S/C12H22.2CH4O/c1-2-6-12-9-3-7-11(5-1)8-4-10-12;2*1-2/h11-12H,1-10H2;2*2H,1H3. The second kappa shape index (κ2) is 11.4. The molecule has 16 heavy (non-hydrogen) atoms. The first kappa shape index (κ1) is 15.9. The lowest BCUT2D eigenvalue weighted by Crippen LogP contribution is -2.06. The molecule has 0 aromatic carbocycles. The van der Waals surface area contributed by atoms with Crippen molar-refractivity contribution < 1.29 is 10.2 Å². The average molecular weight is 230 g/mol. The highest BCUT2D eigenvalue weighted by atomic mass is 16.2. The van der Waals surface area contributed by atoms with Crippen LogP contribution in [0.4, 0.5) is 0 Å². The minimum absolute atomic E-state index is 1.00. The first-order chi connectivity index (χ1) is 7.95. The molecular formula is C14H30O2. The molecule has 0 heterocycles. The fraction of sp³-hybridized carbons (Fsp3) is 1.00. The summed E-state index contributed by atoms with van der Waals surface area (Å²) in [7, 11) is 2.00. The Morgan fingerprint density at radius 1 is 0.500 bits per heavy atom. The van der Waals surface area contributed by atoms with Crippen LogP contribution in [-0.2, 0) is 0 Å². The van der Waals surface area contributed by atoms with Gasteiger partial charge >= 0.3 is 0 Å². The molecule has 3 aliphatic carbocycles. The molecule has 3 saturated carbocycles. The van der Waals surface area contributed by atoms with E-state index in [0.717, 1.165) is 26.1 Å². The Morgan fingerprint density at radius 2 is 0.750 bits per heavy atom. The van der Waals surface area contributed by atoms with Crippen molar-refractivity contribution in [3.05, 3.63) is 0 Å². The minimum Gasteiger partial charge on any atom is -0.400 e. The van der Waals surface area contributed by atoms with Gasteiger partial charge in [0, 0.05) is 14.2 Å². The van der Waals surface area contributed by atoms with Crippen molar-refractivity contribution >= 4 is 0 Å². The molecule has 2 N–H and O–H groups in total. The van der Waals surface area contributed by atoms with Crippen LogP contribution in [0.25, 0.3) is 0 Å². The fourth-order valence-corrected chi connectivity index (χ4v) is 3.12. The Kier molecular flexibility index (Phi) is 11.3. The van der Waals surface area contributed by atoms with Crippen molar-refractivity contribution in [3.8, 4) is 0 Å². The highest BCUT2D eigenvalue weighted by molar-refractivity contribution is 4.71. The van der Waals surface area contributed by atoms with Crippen LogP contribution in [0.1, 0.15) is 64.2 Å². The quantitative estimate of drug-likeness (QED) is 0.670. The van der Waals surface area contributed by atoms with E-state index >= 15 is 0 Å². The lowest BCUT2D eigenvalue weighted by atomic mass is 9.85. The van der Waals surface area contributed by atoms with Gasteiger partial charge in [0.1, 0.15) is 0 Å². The number of fused-ring (bicyclic) bond motifs is 7. The Bertz CT molecular complexity index is 107. The maximum Gasteiger partial charge on any atom is 0.0319 e. The minimum atomic E-state index is 1.00. The zero-order valence-corrected chi connectivity index (χ0v) is 11.1. The predicted octanol–water partition coefficient (Wildman–Crippen LogP) is 3.36. The van der Waals surface area contributed by atoms with Crippen LogP contribution in [0, 0.1) is 11.8 Å². The Hall–Kier alpha value is -0.0800. The topological polar surface area (TPSA) is 40.5 Å². The van der Waals surface area contributed by atoms with Gasteiger partial charge < -0.3 is 10.2 Å². The molecule has 3 rings (SSSR count). The van der Waals surface area contributed by atoms with E-state index in [2.05, 4.69) is 0 Å². The van der Waals surface area contributed by atoms with Gasteiger partial charge in [-0.05, 0) is 11.8 Å². The van der Waals surface area contributed by atoms with Gasteiger partial charge in [0.15, 0.2) is 0 Å². The van der Waals surface area contributed by atoms with Gasteiger partial charge in [-0.2, -0.15) is 0 Å². The Balaban J connectivity index is 0.000000509. The summed E-state index contributed by atoms with van der Waals surface area (Å²) < 4.78 is 0. The third kappa shape index (κ3) is 6.49. The lowest BCUT2D eigenvalue weighted by molar-refractivity contribution is 0.321. The van der Waals surface area contributed by atoms with Gasteiger partial charge in [-0.1, -0.05) is 64.2 Å². The zero-order valence-electron chi connectivity index (χ0n) is 11.1. The van der Waals surface area contributed by atoms with Crippen molar-refractivity contribution in [3.63, 3.8) is 0 Å². The van der Waals surface area contributed by atoms with Gasteiger partial charge in [-0.3, -0.25) is 0 Å². The molecule has 2 heteroatoms. The van der Waals surface area contributed by atoms with Crippen LogP contribution in [-0.4, -0.2) is 24.4 Å². The fourth-order valence-electron chi connectivity index (χ4n) is 3.12. The molecular weight excluding hydrogens is 200 g/mol. The largest absolute Gasteiger partial charge is 0.400 e. The molecule has 3 fully saturated rings. The highest BCUT2D eigenvalue weighted by Gasteiger charge is 2.18. The van der Waals surface area contributed by atoms with Crippen molar-refractivity contribution in [1.82, 2.24) is 0 Å². The van der Waals surface area contributed by atoms with Gasteiger partial charge in [-0.25, -0.2) is 0 Å². The molecule has 0 saturated heterocycles. The molecule has 2 nitrogen and oxygen atoms in total. The van der Waals surface area contributed by atoms with Crippen molar-refractivity contribution in [1.29, 1.82) is 0 Å². The van der Waals surface area contributed by atoms with E-state index in [1.54, 1.807) is 38.5 Å². The third-order valence-electron chi connectivity index (χ3n) is 3.92. The summed E-state index contributed by atoms with van der Waals surface area (Å²) in [6.07, 6.45) is 15.4. The normalized spacial score (nSPS) is 29.2. The number of rotatable bonds is 0. The summed E-state index contributed by atoms with van der Waals surface area (Å²) in [5.41, 5.74) is 0. The SMILES string of the molecule is C1CCC2CCCC(C1)CCC2.CO.CO. The number of hydrogen-bond acceptors (Lipinski definition) is 2. The summed E-state index contributed by atoms with van der Waals surface area (Å²) in [4.78, 5) is 0. The van der Waals surface area contributed by atoms with Crippen LogP contribution >= 0.6 is 0 Å². The molecule has 0 aromatic heterocycles. The molecule has 2 bridgehead atoms. The second-order valence-corrected chi connectivity index (χ2v) is 4.88. The summed E-state index contributed by atoms with van der Waals surface area (Å²) >= 11 is 0. The lowest BCUT2D eigenvalue weighted by Gasteiger charge is -2.21. The first-order valence-electron chi connectivity index (χ1n) is 6.84. The molecule has 98 valence electrons. The molecule has 0 unspecified atom stereocenters. The number of aliphatic hydroxyl groups excluding tert-OH is 2. The van der Waals surface area contributed by atoms with Crippen LogP contribution in [0.5, 0.6) is 0 Å². The molecule has 0 atom stereocenters. The van der Waals surface area contributed by atoms with Crippen LogP contribution < -0.4 is 0 Å². The van der Waals surface area contributed by atoms with Crippen molar-refractivity contribution in [2.45, 2.75) is 64.2 Å². The van der Waals surface area contributed by atoms with E-state index in [0.29, 0.717) is 0 Å². The number of aliphatic hydroxyl groups is 2. The smallest absolute Gasteiger partial charge is 0.0319 e. The van der Waals surface area contributed by atoms with Crippen molar-refractivity contribution in [2.24, 2.45) is 11.8 Å². The summed E-state index contributed by atoms with van der Waals surface area (Å²) in [6, 6.07) is 0. The van der Waals surface area contributed by atoms with E-state index in [4.69, 9.17) is 10.2 Å². The predicted molar refractivity (Wildman–Crippen MR) is 69.4 cm³/mol.